The molecule has 10 heteroatoms. The SMILES string of the molecule is O=C(NOC(=O)c1ccccc1)OC(F)(F)C(F)(F)F. The number of rotatable bonds is 2. The van der Waals surface area contributed by atoms with E-state index in [2.05, 4.69) is 9.57 Å². The third-order valence-corrected chi connectivity index (χ3v) is 1.79. The van der Waals surface area contributed by atoms with Crippen LogP contribution in [0.3, 0.4) is 0 Å². The van der Waals surface area contributed by atoms with Crippen molar-refractivity contribution >= 4 is 12.1 Å². The van der Waals surface area contributed by atoms with Crippen LogP contribution in [0.5, 0.6) is 0 Å². The first kappa shape index (κ1) is 15.7. The van der Waals surface area contributed by atoms with Crippen molar-refractivity contribution < 1.29 is 41.1 Å². The van der Waals surface area contributed by atoms with Gasteiger partial charge < -0.3 is 9.57 Å². The molecule has 0 saturated heterocycles. The number of ether oxygens (including phenoxy) is 1. The van der Waals surface area contributed by atoms with Crippen LogP contribution in [-0.2, 0) is 9.57 Å². The maximum atomic E-state index is 12.3. The van der Waals surface area contributed by atoms with Crippen LogP contribution in [0.2, 0.25) is 0 Å². The zero-order chi connectivity index (χ0) is 15.4. The number of amides is 1. The Bertz CT molecular complexity index is 488. The molecule has 1 rings (SSSR count). The van der Waals surface area contributed by atoms with E-state index < -0.39 is 24.3 Å². The van der Waals surface area contributed by atoms with Gasteiger partial charge >= 0.3 is 24.3 Å². The first-order valence-electron chi connectivity index (χ1n) is 4.83. The third kappa shape index (κ3) is 4.07. The fraction of sp³-hybridized carbons (Fsp3) is 0.200. The number of carbonyl (C=O) groups is 2. The van der Waals surface area contributed by atoms with E-state index in [9.17, 15) is 31.5 Å². The molecular formula is C10H6F5NO4. The van der Waals surface area contributed by atoms with Gasteiger partial charge in [-0.2, -0.15) is 22.0 Å². The molecule has 1 aromatic rings. The Morgan fingerprint density at radius 3 is 2.05 bits per heavy atom. The summed E-state index contributed by atoms with van der Waals surface area (Å²) < 4.78 is 62.4. The number of hydroxylamine groups is 1. The van der Waals surface area contributed by atoms with Gasteiger partial charge in [-0.3, -0.25) is 0 Å². The second kappa shape index (κ2) is 5.72. The fourth-order valence-corrected chi connectivity index (χ4v) is 0.916. The van der Waals surface area contributed by atoms with E-state index in [1.807, 2.05) is 0 Å². The summed E-state index contributed by atoms with van der Waals surface area (Å²) in [4.78, 5) is 25.8. The Morgan fingerprint density at radius 1 is 1.00 bits per heavy atom. The summed E-state index contributed by atoms with van der Waals surface area (Å²) in [5.41, 5.74) is 0.959. The fourth-order valence-electron chi connectivity index (χ4n) is 0.916. The van der Waals surface area contributed by atoms with E-state index in [1.165, 1.54) is 24.3 Å². The number of nitrogens with one attached hydrogen (secondary N) is 1. The second-order valence-corrected chi connectivity index (χ2v) is 3.26. The molecule has 0 bridgehead atoms. The van der Waals surface area contributed by atoms with Crippen molar-refractivity contribution in [3.8, 4) is 0 Å². The van der Waals surface area contributed by atoms with Crippen LogP contribution in [0.25, 0.3) is 0 Å². The van der Waals surface area contributed by atoms with Gasteiger partial charge in [-0.15, -0.1) is 5.48 Å². The lowest BCUT2D eigenvalue weighted by Gasteiger charge is -2.18. The minimum atomic E-state index is -6.08. The molecule has 0 atom stereocenters. The van der Waals surface area contributed by atoms with Gasteiger partial charge in [0.15, 0.2) is 0 Å². The van der Waals surface area contributed by atoms with E-state index in [0.29, 0.717) is 0 Å². The average Bonchev–Trinajstić information content (AvgIpc) is 2.35. The second-order valence-electron chi connectivity index (χ2n) is 3.26. The Labute approximate surface area is 108 Å². The van der Waals surface area contributed by atoms with Crippen LogP contribution in [0.1, 0.15) is 10.4 Å². The van der Waals surface area contributed by atoms with Crippen LogP contribution >= 0.6 is 0 Å². The highest BCUT2D eigenvalue weighted by Crippen LogP contribution is 2.36. The first-order chi connectivity index (χ1) is 9.13. The van der Waals surface area contributed by atoms with Crippen molar-refractivity contribution in [1.82, 2.24) is 5.48 Å². The van der Waals surface area contributed by atoms with Crippen LogP contribution in [-0.4, -0.2) is 24.3 Å². The smallest absolute Gasteiger partial charge is 0.375 e. The third-order valence-electron chi connectivity index (χ3n) is 1.79. The molecule has 0 spiro atoms. The van der Waals surface area contributed by atoms with E-state index in [4.69, 9.17) is 0 Å². The predicted octanol–water partition coefficient (Wildman–Crippen LogP) is 2.64. The number of halogens is 5. The first-order valence-corrected chi connectivity index (χ1v) is 4.83. The molecule has 0 aliphatic rings. The molecule has 0 saturated carbocycles. The molecule has 20 heavy (non-hydrogen) atoms. The summed E-state index contributed by atoms with van der Waals surface area (Å²) in [6, 6.07) is 6.96. The molecule has 110 valence electrons. The summed E-state index contributed by atoms with van der Waals surface area (Å²) in [7, 11) is 0. The lowest BCUT2D eigenvalue weighted by Crippen LogP contribution is -2.43. The van der Waals surface area contributed by atoms with E-state index in [-0.39, 0.29) is 5.56 Å². The van der Waals surface area contributed by atoms with Crippen molar-refractivity contribution in [3.63, 3.8) is 0 Å². The standard InChI is InChI=1S/C10H6F5NO4/c11-9(12,13)10(14,15)19-8(18)16-20-7(17)6-4-2-1-3-5-6/h1-5H,(H,16,18). The largest absolute Gasteiger partial charge is 0.502 e. The van der Waals surface area contributed by atoms with Gasteiger partial charge in [0, 0.05) is 0 Å². The van der Waals surface area contributed by atoms with Gasteiger partial charge in [0.25, 0.3) is 0 Å². The number of carbonyl (C=O) groups excluding carboxylic acids is 2. The van der Waals surface area contributed by atoms with Crippen LogP contribution in [0, 0.1) is 0 Å². The lowest BCUT2D eigenvalue weighted by atomic mass is 10.2. The molecule has 0 radical (unpaired) electrons. The average molecular weight is 299 g/mol. The van der Waals surface area contributed by atoms with Gasteiger partial charge in [-0.05, 0) is 12.1 Å². The number of hydrogen-bond acceptors (Lipinski definition) is 4. The molecule has 1 aromatic carbocycles. The predicted molar refractivity (Wildman–Crippen MR) is 52.5 cm³/mol. The molecule has 1 amide bonds. The Balaban J connectivity index is 2.51. The van der Waals surface area contributed by atoms with E-state index in [1.54, 1.807) is 6.07 Å². The minimum Gasteiger partial charge on any atom is -0.375 e. The van der Waals surface area contributed by atoms with Crippen molar-refractivity contribution in [3.05, 3.63) is 35.9 Å². The molecule has 5 nitrogen and oxygen atoms in total. The molecule has 1 N–H and O–H groups in total. The molecule has 0 aromatic heterocycles. The number of alkyl halides is 5. The highest BCUT2D eigenvalue weighted by atomic mass is 19.4. The maximum Gasteiger partial charge on any atom is 0.502 e. The zero-order valence-electron chi connectivity index (χ0n) is 9.41. The van der Waals surface area contributed by atoms with Crippen LogP contribution in [0.4, 0.5) is 26.7 Å². The summed E-state index contributed by atoms with van der Waals surface area (Å²) in [6.45, 7) is 0. The lowest BCUT2D eigenvalue weighted by molar-refractivity contribution is -0.371. The topological polar surface area (TPSA) is 64.6 Å². The zero-order valence-corrected chi connectivity index (χ0v) is 9.41. The Kier molecular flexibility index (Phi) is 4.48. The summed E-state index contributed by atoms with van der Waals surface area (Å²) in [5, 5.41) is 0. The Hall–Kier alpha value is -2.39. The molecule has 0 fully saturated rings. The Morgan fingerprint density at radius 2 is 1.55 bits per heavy atom. The molecule has 0 aliphatic carbocycles. The highest BCUT2D eigenvalue weighted by Gasteiger charge is 2.62. The maximum absolute atomic E-state index is 12.3. The van der Waals surface area contributed by atoms with Crippen molar-refractivity contribution in [2.24, 2.45) is 0 Å². The van der Waals surface area contributed by atoms with Crippen molar-refractivity contribution in [2.45, 2.75) is 12.3 Å². The van der Waals surface area contributed by atoms with Crippen LogP contribution in [0.15, 0.2) is 30.3 Å². The molecule has 0 aliphatic heterocycles. The van der Waals surface area contributed by atoms with Crippen molar-refractivity contribution in [2.75, 3.05) is 0 Å². The quantitative estimate of drug-likeness (QED) is 0.673. The van der Waals surface area contributed by atoms with Crippen LogP contribution < -0.4 is 5.48 Å². The van der Waals surface area contributed by atoms with Gasteiger partial charge in [0.05, 0.1) is 5.56 Å². The normalized spacial score (nSPS) is 11.7. The van der Waals surface area contributed by atoms with E-state index >= 15 is 0 Å². The minimum absolute atomic E-state index is 0.0598. The van der Waals surface area contributed by atoms with Gasteiger partial charge in [-0.25, -0.2) is 9.59 Å². The van der Waals surface area contributed by atoms with Crippen molar-refractivity contribution in [1.29, 1.82) is 0 Å². The molecular weight excluding hydrogens is 293 g/mol. The van der Waals surface area contributed by atoms with Gasteiger partial charge in [0.1, 0.15) is 0 Å². The number of benzene rings is 1. The van der Waals surface area contributed by atoms with Gasteiger partial charge in [-0.1, -0.05) is 18.2 Å². The van der Waals surface area contributed by atoms with E-state index in [0.717, 1.165) is 5.48 Å². The summed E-state index contributed by atoms with van der Waals surface area (Å²) in [5.74, 6) is -1.17. The monoisotopic (exact) mass is 299 g/mol. The number of hydrogen-bond donors (Lipinski definition) is 1. The molecule has 0 unspecified atom stereocenters. The molecule has 0 heterocycles. The highest BCUT2D eigenvalue weighted by molar-refractivity contribution is 5.89. The summed E-state index contributed by atoms with van der Waals surface area (Å²) in [6.07, 6.45) is -14.0. The summed E-state index contributed by atoms with van der Waals surface area (Å²) >= 11 is 0. The van der Waals surface area contributed by atoms with Gasteiger partial charge in [0.2, 0.25) is 0 Å².